The molecule has 0 amide bonds. The van der Waals surface area contributed by atoms with Gasteiger partial charge in [0.25, 0.3) is 0 Å². The topological polar surface area (TPSA) is 23.8 Å². The van der Waals surface area contributed by atoms with Crippen molar-refractivity contribution in [1.29, 1.82) is 5.26 Å². The van der Waals surface area contributed by atoms with Gasteiger partial charge in [0.15, 0.2) is 0 Å². The minimum atomic E-state index is -1.06. The molecule has 0 aromatic rings. The highest BCUT2D eigenvalue weighted by Gasteiger charge is 2.49. The summed E-state index contributed by atoms with van der Waals surface area (Å²) in [5.74, 6) is 0. The van der Waals surface area contributed by atoms with Gasteiger partial charge < -0.3 is 0 Å². The van der Waals surface area contributed by atoms with E-state index in [-0.39, 0.29) is 5.41 Å². The lowest BCUT2D eigenvalue weighted by atomic mass is 9.63. The molecule has 1 nitrogen and oxygen atoms in total. The molecule has 1 rings (SSSR count). The fourth-order valence-electron chi connectivity index (χ4n) is 1.65. The van der Waals surface area contributed by atoms with Crippen LogP contribution in [0, 0.1) is 16.7 Å². The van der Waals surface area contributed by atoms with E-state index in [1.165, 1.54) is 0 Å². The van der Waals surface area contributed by atoms with Crippen LogP contribution in [-0.2, 0) is 0 Å². The molecule has 0 unspecified atom stereocenters. The van der Waals surface area contributed by atoms with E-state index < -0.39 is 5.67 Å². The Morgan fingerprint density at radius 2 is 1.89 bits per heavy atom. The molecule has 0 N–H and O–H groups in total. The van der Waals surface area contributed by atoms with Gasteiger partial charge in [0, 0.05) is 0 Å². The molecular formula is C7H10FN. The lowest BCUT2D eigenvalue weighted by Gasteiger charge is -2.42. The highest BCUT2D eigenvalue weighted by molar-refractivity contribution is 5.10. The third-order valence-electron chi connectivity index (χ3n) is 1.79. The van der Waals surface area contributed by atoms with Gasteiger partial charge in [-0.1, -0.05) is 0 Å². The van der Waals surface area contributed by atoms with Gasteiger partial charge in [-0.3, -0.25) is 0 Å². The second-order valence-electron chi connectivity index (χ2n) is 3.44. The summed E-state index contributed by atoms with van der Waals surface area (Å²) >= 11 is 0. The minimum absolute atomic E-state index is 0.372. The van der Waals surface area contributed by atoms with Crippen LogP contribution in [0.1, 0.15) is 26.7 Å². The average molecular weight is 127 g/mol. The molecule has 1 fully saturated rings. The zero-order valence-corrected chi connectivity index (χ0v) is 5.74. The summed E-state index contributed by atoms with van der Waals surface area (Å²) in [6, 6.07) is 2.09. The molecule has 2 heteroatoms. The highest BCUT2D eigenvalue weighted by atomic mass is 19.1. The smallest absolute Gasteiger partial charge is 0.111 e. The summed E-state index contributed by atoms with van der Waals surface area (Å²) in [7, 11) is 0. The Labute approximate surface area is 54.5 Å². The van der Waals surface area contributed by atoms with Crippen molar-refractivity contribution >= 4 is 0 Å². The molecule has 0 radical (unpaired) electrons. The van der Waals surface area contributed by atoms with Crippen LogP contribution >= 0.6 is 0 Å². The van der Waals surface area contributed by atoms with Gasteiger partial charge in [-0.15, -0.1) is 0 Å². The number of nitriles is 1. The van der Waals surface area contributed by atoms with Crippen molar-refractivity contribution in [2.75, 3.05) is 0 Å². The summed E-state index contributed by atoms with van der Waals surface area (Å²) in [4.78, 5) is 0. The fourth-order valence-corrected chi connectivity index (χ4v) is 1.65. The van der Waals surface area contributed by atoms with Crippen LogP contribution in [0.15, 0.2) is 0 Å². The van der Waals surface area contributed by atoms with Crippen LogP contribution in [0.4, 0.5) is 4.39 Å². The van der Waals surface area contributed by atoms with Crippen molar-refractivity contribution < 1.29 is 4.39 Å². The minimum Gasteiger partial charge on any atom is -0.244 e. The molecule has 0 bridgehead atoms. The Morgan fingerprint density at radius 3 is 2.00 bits per heavy atom. The number of alkyl halides is 1. The molecule has 0 heterocycles. The van der Waals surface area contributed by atoms with Crippen LogP contribution < -0.4 is 0 Å². The molecule has 0 aliphatic heterocycles. The van der Waals surface area contributed by atoms with Crippen LogP contribution in [0.2, 0.25) is 0 Å². The average Bonchev–Trinajstić information content (AvgIpc) is 1.61. The van der Waals surface area contributed by atoms with Crippen LogP contribution in [-0.4, -0.2) is 5.67 Å². The quantitative estimate of drug-likeness (QED) is 0.488. The second-order valence-corrected chi connectivity index (χ2v) is 3.44. The molecule has 50 valence electrons. The first-order chi connectivity index (χ1) is 3.97. The van der Waals surface area contributed by atoms with Gasteiger partial charge in [-0.05, 0) is 26.7 Å². The Hall–Kier alpha value is -0.580. The van der Waals surface area contributed by atoms with Crippen LogP contribution in [0.5, 0.6) is 0 Å². The standard InChI is InChI=1S/C7H10FN/c1-6(5-9)3-7(2,8)4-6/h3-4H2,1-2H3. The van der Waals surface area contributed by atoms with E-state index in [0.717, 1.165) is 0 Å². The van der Waals surface area contributed by atoms with Crippen molar-refractivity contribution in [2.45, 2.75) is 32.4 Å². The van der Waals surface area contributed by atoms with E-state index >= 15 is 0 Å². The number of hydrogen-bond acceptors (Lipinski definition) is 1. The largest absolute Gasteiger partial charge is 0.244 e. The van der Waals surface area contributed by atoms with Gasteiger partial charge >= 0.3 is 0 Å². The van der Waals surface area contributed by atoms with Gasteiger partial charge in [-0.25, -0.2) is 4.39 Å². The van der Waals surface area contributed by atoms with E-state index in [2.05, 4.69) is 6.07 Å². The maximum Gasteiger partial charge on any atom is 0.111 e. The third-order valence-corrected chi connectivity index (χ3v) is 1.79. The maximum absolute atomic E-state index is 12.7. The van der Waals surface area contributed by atoms with Gasteiger partial charge in [0.1, 0.15) is 5.67 Å². The molecule has 9 heavy (non-hydrogen) atoms. The summed E-state index contributed by atoms with van der Waals surface area (Å²) in [5, 5.41) is 8.46. The maximum atomic E-state index is 12.7. The Bertz CT molecular complexity index is 158. The summed E-state index contributed by atoms with van der Waals surface area (Å²) in [5.41, 5.74) is -1.44. The summed E-state index contributed by atoms with van der Waals surface area (Å²) < 4.78 is 12.7. The molecule has 0 aromatic heterocycles. The van der Waals surface area contributed by atoms with E-state index in [0.29, 0.717) is 12.8 Å². The Kier molecular flexibility index (Phi) is 1.07. The number of halogens is 1. The first-order valence-corrected chi connectivity index (χ1v) is 3.08. The summed E-state index contributed by atoms with van der Waals surface area (Å²) in [6.07, 6.45) is 0.799. The van der Waals surface area contributed by atoms with Crippen molar-refractivity contribution in [3.05, 3.63) is 0 Å². The van der Waals surface area contributed by atoms with Crippen molar-refractivity contribution in [3.8, 4) is 6.07 Å². The highest BCUT2D eigenvalue weighted by Crippen LogP contribution is 2.49. The third kappa shape index (κ3) is 1.05. The zero-order chi connectivity index (χ0) is 7.12. The van der Waals surface area contributed by atoms with E-state index in [1.807, 2.05) is 0 Å². The number of hydrogen-bond donors (Lipinski definition) is 0. The molecule has 0 atom stereocenters. The number of rotatable bonds is 0. The predicted octanol–water partition coefficient (Wildman–Crippen LogP) is 2.04. The molecule has 1 saturated carbocycles. The number of nitrogens with zero attached hydrogens (tertiary/aromatic N) is 1. The first kappa shape index (κ1) is 6.54. The lowest BCUT2D eigenvalue weighted by molar-refractivity contribution is -0.00663. The van der Waals surface area contributed by atoms with Gasteiger partial charge in [0.2, 0.25) is 0 Å². The first-order valence-electron chi connectivity index (χ1n) is 3.08. The lowest BCUT2D eigenvalue weighted by Crippen LogP contribution is -2.43. The van der Waals surface area contributed by atoms with Crippen molar-refractivity contribution in [2.24, 2.45) is 5.41 Å². The molecule has 1 aliphatic rings. The predicted molar refractivity (Wildman–Crippen MR) is 32.5 cm³/mol. The molecule has 0 saturated heterocycles. The second kappa shape index (κ2) is 1.47. The normalized spacial score (nSPS) is 49.6. The Morgan fingerprint density at radius 1 is 1.44 bits per heavy atom. The molecule has 0 spiro atoms. The Balaban J connectivity index is 2.54. The van der Waals surface area contributed by atoms with E-state index in [9.17, 15) is 4.39 Å². The zero-order valence-electron chi connectivity index (χ0n) is 5.74. The molecule has 0 aromatic carbocycles. The summed E-state index contributed by atoms with van der Waals surface area (Å²) in [6.45, 7) is 3.35. The van der Waals surface area contributed by atoms with Crippen molar-refractivity contribution in [3.63, 3.8) is 0 Å². The van der Waals surface area contributed by atoms with Crippen molar-refractivity contribution in [1.82, 2.24) is 0 Å². The van der Waals surface area contributed by atoms with Gasteiger partial charge in [0.05, 0.1) is 11.5 Å². The monoisotopic (exact) mass is 127 g/mol. The SMILES string of the molecule is CC1(F)CC(C)(C#N)C1. The van der Waals surface area contributed by atoms with E-state index in [4.69, 9.17) is 5.26 Å². The van der Waals surface area contributed by atoms with E-state index in [1.54, 1.807) is 13.8 Å². The molecular weight excluding hydrogens is 117 g/mol. The fraction of sp³-hybridized carbons (Fsp3) is 0.857. The van der Waals surface area contributed by atoms with Crippen LogP contribution in [0.25, 0.3) is 0 Å². The van der Waals surface area contributed by atoms with Gasteiger partial charge in [-0.2, -0.15) is 5.26 Å². The van der Waals surface area contributed by atoms with Crippen LogP contribution in [0.3, 0.4) is 0 Å². The molecule has 1 aliphatic carbocycles.